The van der Waals surface area contributed by atoms with Crippen LogP contribution in [-0.2, 0) is 12.0 Å². The van der Waals surface area contributed by atoms with Crippen molar-refractivity contribution in [3.8, 4) is 22.4 Å². The van der Waals surface area contributed by atoms with Crippen LogP contribution in [0.4, 0.5) is 0 Å². The summed E-state index contributed by atoms with van der Waals surface area (Å²) in [7, 11) is 4.07. The average Bonchev–Trinajstić information content (AvgIpc) is 2.82. The van der Waals surface area contributed by atoms with Crippen LogP contribution in [0.5, 0.6) is 0 Å². The molecule has 5 nitrogen and oxygen atoms in total. The van der Waals surface area contributed by atoms with Crippen molar-refractivity contribution in [3.05, 3.63) is 77.5 Å². The Morgan fingerprint density at radius 3 is 2.36 bits per heavy atom. The van der Waals surface area contributed by atoms with Gasteiger partial charge in [0.2, 0.25) is 0 Å². The lowest BCUT2D eigenvalue weighted by atomic mass is 9.72. The second-order valence-corrected chi connectivity index (χ2v) is 9.68. The minimum Gasteiger partial charge on any atom is -0.337 e. The quantitative estimate of drug-likeness (QED) is 0.620. The maximum absolute atomic E-state index is 13.3. The summed E-state index contributed by atoms with van der Waals surface area (Å²) in [5.41, 5.74) is 13.2. The Morgan fingerprint density at radius 1 is 1.00 bits per heavy atom. The van der Waals surface area contributed by atoms with Crippen molar-refractivity contribution in [2.24, 2.45) is 5.73 Å². The van der Waals surface area contributed by atoms with E-state index in [9.17, 15) is 4.79 Å². The number of hydrogen-bond acceptors (Lipinski definition) is 4. The highest BCUT2D eigenvalue weighted by atomic mass is 16.2. The number of likely N-dealkylation sites (N-methyl/N-ethyl adjacent to an activating group) is 1. The molecule has 5 heteroatoms. The molecule has 0 saturated heterocycles. The first-order chi connectivity index (χ1) is 15.9. The van der Waals surface area contributed by atoms with Gasteiger partial charge in [-0.1, -0.05) is 54.6 Å². The van der Waals surface area contributed by atoms with Gasteiger partial charge in [-0.05, 0) is 50.6 Å². The lowest BCUT2D eigenvalue weighted by molar-refractivity contribution is 0.0727. The molecule has 3 aromatic rings. The van der Waals surface area contributed by atoms with Crippen LogP contribution in [0.3, 0.4) is 0 Å². The third-order valence-corrected chi connectivity index (χ3v) is 7.12. The molecular weight excluding hydrogens is 408 g/mol. The monoisotopic (exact) mass is 440 g/mol. The van der Waals surface area contributed by atoms with E-state index in [4.69, 9.17) is 10.7 Å². The number of nitrogens with two attached hydrogens (primary N) is 1. The lowest BCUT2D eigenvalue weighted by Gasteiger charge is -2.38. The maximum Gasteiger partial charge on any atom is 0.255 e. The van der Waals surface area contributed by atoms with Gasteiger partial charge in [-0.25, -0.2) is 0 Å². The fraction of sp³-hybridized carbons (Fsp3) is 0.357. The molecule has 0 bridgehead atoms. The van der Waals surface area contributed by atoms with Gasteiger partial charge in [0.05, 0.1) is 17.0 Å². The van der Waals surface area contributed by atoms with Gasteiger partial charge < -0.3 is 15.5 Å². The number of pyridine rings is 1. The molecule has 170 valence electrons. The fourth-order valence-corrected chi connectivity index (χ4v) is 4.84. The normalized spacial score (nSPS) is 17.1. The molecule has 0 radical (unpaired) electrons. The molecular formula is C28H32N4O. The minimum absolute atomic E-state index is 0.0831. The second-order valence-electron chi connectivity index (χ2n) is 9.68. The van der Waals surface area contributed by atoms with E-state index in [1.165, 1.54) is 12.0 Å². The first-order valence-electron chi connectivity index (χ1n) is 11.9. The van der Waals surface area contributed by atoms with Gasteiger partial charge >= 0.3 is 0 Å². The number of benzene rings is 2. The van der Waals surface area contributed by atoms with Crippen molar-refractivity contribution in [3.63, 3.8) is 0 Å². The molecule has 1 saturated carbocycles. The van der Waals surface area contributed by atoms with Crippen molar-refractivity contribution >= 4 is 5.91 Å². The van der Waals surface area contributed by atoms with Crippen molar-refractivity contribution in [1.29, 1.82) is 0 Å². The lowest BCUT2D eigenvalue weighted by Crippen LogP contribution is -2.43. The Morgan fingerprint density at radius 2 is 1.73 bits per heavy atom. The number of carbonyl (C=O) groups excluding carboxylic acids is 1. The number of carbonyl (C=O) groups is 1. The highest BCUT2D eigenvalue weighted by molar-refractivity contribution is 5.99. The molecule has 2 heterocycles. The summed E-state index contributed by atoms with van der Waals surface area (Å²) in [5.74, 6) is 0.0831. The summed E-state index contributed by atoms with van der Waals surface area (Å²) in [5, 5.41) is 0. The summed E-state index contributed by atoms with van der Waals surface area (Å²) in [4.78, 5) is 22.4. The van der Waals surface area contributed by atoms with Crippen molar-refractivity contribution in [1.82, 2.24) is 14.8 Å². The minimum atomic E-state index is -0.174. The van der Waals surface area contributed by atoms with E-state index in [2.05, 4.69) is 47.4 Å². The van der Waals surface area contributed by atoms with Crippen LogP contribution in [0.1, 0.15) is 40.9 Å². The number of rotatable bonds is 6. The first-order valence-corrected chi connectivity index (χ1v) is 11.9. The van der Waals surface area contributed by atoms with Crippen molar-refractivity contribution in [2.75, 3.05) is 33.7 Å². The third kappa shape index (κ3) is 4.19. The predicted molar refractivity (Wildman–Crippen MR) is 133 cm³/mol. The molecule has 5 rings (SSSR count). The van der Waals surface area contributed by atoms with Gasteiger partial charge in [0, 0.05) is 42.7 Å². The predicted octanol–water partition coefficient (Wildman–Crippen LogP) is 4.31. The van der Waals surface area contributed by atoms with E-state index in [-0.39, 0.29) is 11.4 Å². The van der Waals surface area contributed by atoms with Gasteiger partial charge in [-0.15, -0.1) is 0 Å². The van der Waals surface area contributed by atoms with Gasteiger partial charge in [0.1, 0.15) is 0 Å². The van der Waals surface area contributed by atoms with Crippen LogP contribution in [0.2, 0.25) is 0 Å². The highest BCUT2D eigenvalue weighted by Gasteiger charge is 2.34. The van der Waals surface area contributed by atoms with E-state index < -0.39 is 0 Å². The largest absolute Gasteiger partial charge is 0.337 e. The Bertz CT molecular complexity index is 1150. The smallest absolute Gasteiger partial charge is 0.255 e. The van der Waals surface area contributed by atoms with Crippen molar-refractivity contribution < 1.29 is 4.79 Å². The first kappa shape index (κ1) is 21.8. The van der Waals surface area contributed by atoms with Crippen LogP contribution in [-0.4, -0.2) is 54.4 Å². The molecule has 0 spiro atoms. The Labute approximate surface area is 196 Å². The molecule has 0 atom stereocenters. The van der Waals surface area contributed by atoms with Gasteiger partial charge in [-0.2, -0.15) is 0 Å². The zero-order valence-corrected chi connectivity index (χ0v) is 19.6. The molecule has 1 aromatic heterocycles. The summed E-state index contributed by atoms with van der Waals surface area (Å²) in [6, 6.07) is 20.9. The van der Waals surface area contributed by atoms with E-state index >= 15 is 0 Å². The fourth-order valence-electron chi connectivity index (χ4n) is 4.84. The van der Waals surface area contributed by atoms with Crippen molar-refractivity contribution in [2.45, 2.75) is 31.2 Å². The number of fused-ring (bicyclic) bond motifs is 1. The molecule has 1 fully saturated rings. The molecule has 2 aliphatic rings. The van der Waals surface area contributed by atoms with E-state index in [0.29, 0.717) is 6.54 Å². The van der Waals surface area contributed by atoms with Gasteiger partial charge in [-0.3, -0.25) is 9.78 Å². The standard InChI is InChI=1S/C28H32N4O/c1-31(2)17-18-32-16-13-25-24(27(32)33)19-23(20-7-4-3-5-8-20)26(30-25)21-9-11-22(12-10-21)28(29)14-6-15-28/h3-5,7-12,19H,6,13-18,29H2,1-2H3. The topological polar surface area (TPSA) is 62.5 Å². The number of hydrogen-bond donors (Lipinski definition) is 1. The number of nitrogens with zero attached hydrogens (tertiary/aromatic N) is 3. The van der Waals surface area contributed by atoms with E-state index in [1.54, 1.807) is 0 Å². The maximum atomic E-state index is 13.3. The number of aromatic nitrogens is 1. The summed E-state index contributed by atoms with van der Waals surface area (Å²) in [6.07, 6.45) is 4.07. The SMILES string of the molecule is CN(C)CCN1CCc2nc(-c3ccc(C4(N)CCC4)cc3)c(-c3ccccc3)cc2C1=O. The second kappa shape index (κ2) is 8.73. The van der Waals surface area contributed by atoms with Gasteiger partial charge in [0.25, 0.3) is 5.91 Å². The Hall–Kier alpha value is -3.02. The summed E-state index contributed by atoms with van der Waals surface area (Å²) >= 11 is 0. The zero-order valence-electron chi connectivity index (χ0n) is 19.6. The van der Waals surface area contributed by atoms with E-state index in [0.717, 1.165) is 66.0 Å². The highest BCUT2D eigenvalue weighted by Crippen LogP contribution is 2.40. The summed E-state index contributed by atoms with van der Waals surface area (Å²) < 4.78 is 0. The van der Waals surface area contributed by atoms with Crippen LogP contribution in [0.25, 0.3) is 22.4 Å². The van der Waals surface area contributed by atoms with E-state index in [1.807, 2.05) is 37.2 Å². The molecule has 33 heavy (non-hydrogen) atoms. The average molecular weight is 441 g/mol. The number of amides is 1. The van der Waals surface area contributed by atoms with Crippen LogP contribution < -0.4 is 5.73 Å². The van der Waals surface area contributed by atoms with Crippen LogP contribution in [0.15, 0.2) is 60.7 Å². The molecule has 1 aliphatic heterocycles. The molecule has 0 unspecified atom stereocenters. The summed E-state index contributed by atoms with van der Waals surface area (Å²) in [6.45, 7) is 2.30. The van der Waals surface area contributed by atoms with Gasteiger partial charge in [0.15, 0.2) is 0 Å². The Balaban J connectivity index is 1.55. The third-order valence-electron chi connectivity index (χ3n) is 7.12. The molecule has 2 aromatic carbocycles. The molecule has 1 aliphatic carbocycles. The molecule has 1 amide bonds. The van der Waals surface area contributed by atoms with Crippen LogP contribution >= 0.6 is 0 Å². The Kier molecular flexibility index (Phi) is 5.77. The van der Waals surface area contributed by atoms with Crippen LogP contribution in [0, 0.1) is 0 Å². The molecule has 2 N–H and O–H groups in total. The zero-order chi connectivity index (χ0) is 23.0.